The van der Waals surface area contributed by atoms with Crippen molar-refractivity contribution in [2.75, 3.05) is 49.5 Å². The lowest BCUT2D eigenvalue weighted by molar-refractivity contribution is 0.103. The summed E-state index contributed by atoms with van der Waals surface area (Å²) in [7, 11) is -3.29. The van der Waals surface area contributed by atoms with E-state index in [1.807, 2.05) is 0 Å². The van der Waals surface area contributed by atoms with Gasteiger partial charge in [0, 0.05) is 19.1 Å². The fourth-order valence-electron chi connectivity index (χ4n) is 4.44. The molecule has 4 rings (SSSR count). The monoisotopic (exact) mass is 513 g/mol. The lowest BCUT2D eigenvalue weighted by Crippen LogP contribution is -2.43. The summed E-state index contributed by atoms with van der Waals surface area (Å²) in [6.07, 6.45) is 4.17. The minimum atomic E-state index is -3.29. The van der Waals surface area contributed by atoms with Crippen LogP contribution in [-0.2, 0) is 10.0 Å². The van der Waals surface area contributed by atoms with E-state index in [9.17, 15) is 22.0 Å². The second-order valence-electron chi connectivity index (χ2n) is 8.70. The normalized spacial score (nSPS) is 18.4. The van der Waals surface area contributed by atoms with E-state index >= 15 is 0 Å². The third-order valence-corrected chi connectivity index (χ3v) is 9.26. The molecule has 0 atom stereocenters. The van der Waals surface area contributed by atoms with Crippen LogP contribution in [0, 0.1) is 11.6 Å². The number of sulfonamides is 1. The molecule has 2 aromatic rings. The van der Waals surface area contributed by atoms with E-state index in [4.69, 9.17) is 5.73 Å². The molecule has 2 aliphatic heterocycles. The van der Waals surface area contributed by atoms with Gasteiger partial charge in [0.2, 0.25) is 15.8 Å². The molecule has 186 valence electrons. The number of carbonyl (C=O) groups is 1. The second-order valence-corrected chi connectivity index (χ2v) is 11.8. The van der Waals surface area contributed by atoms with Gasteiger partial charge < -0.3 is 16.0 Å². The van der Waals surface area contributed by atoms with Crippen molar-refractivity contribution in [3.63, 3.8) is 0 Å². The summed E-state index contributed by atoms with van der Waals surface area (Å²) in [5.41, 5.74) is 5.20. The molecule has 0 bridgehead atoms. The van der Waals surface area contributed by atoms with Crippen LogP contribution in [-0.4, -0.2) is 72.9 Å². The summed E-state index contributed by atoms with van der Waals surface area (Å²) >= 11 is 0.936. The summed E-state index contributed by atoms with van der Waals surface area (Å²) in [5.74, 6) is -2.71. The van der Waals surface area contributed by atoms with Crippen molar-refractivity contribution in [3.8, 4) is 0 Å². The van der Waals surface area contributed by atoms with Gasteiger partial charge in [0.15, 0.2) is 5.13 Å². The highest BCUT2D eigenvalue weighted by molar-refractivity contribution is 7.89. The minimum Gasteiger partial charge on any atom is -0.382 e. The number of halogens is 2. The first kappa shape index (κ1) is 25.0. The number of nitrogens with zero attached hydrogens (tertiary/aromatic N) is 3. The van der Waals surface area contributed by atoms with Gasteiger partial charge in [-0.3, -0.25) is 4.79 Å². The molecule has 0 unspecified atom stereocenters. The number of nitrogens with two attached hydrogens (primary N) is 1. The maximum atomic E-state index is 14.0. The highest BCUT2D eigenvalue weighted by Gasteiger charge is 2.29. The van der Waals surface area contributed by atoms with Crippen molar-refractivity contribution in [3.05, 3.63) is 40.3 Å². The number of likely N-dealkylation sites (tertiary alicyclic amines) is 1. The Hall–Kier alpha value is -2.15. The van der Waals surface area contributed by atoms with E-state index in [0.717, 1.165) is 43.1 Å². The number of anilines is 2. The van der Waals surface area contributed by atoms with E-state index in [0.29, 0.717) is 37.5 Å². The van der Waals surface area contributed by atoms with Gasteiger partial charge in [-0.15, -0.1) is 0 Å². The molecule has 0 saturated carbocycles. The Labute approximate surface area is 202 Å². The molecule has 12 heteroatoms. The fourth-order valence-corrected chi connectivity index (χ4v) is 6.87. The molecule has 2 saturated heterocycles. The van der Waals surface area contributed by atoms with Crippen LogP contribution in [0.25, 0.3) is 0 Å². The number of hydrogen-bond donors (Lipinski definition) is 2. The summed E-state index contributed by atoms with van der Waals surface area (Å²) in [6, 6.07) is 3.17. The zero-order valence-corrected chi connectivity index (χ0v) is 20.4. The minimum absolute atomic E-state index is 0.0375. The first-order valence-electron chi connectivity index (χ1n) is 11.5. The lowest BCUT2D eigenvalue weighted by Gasteiger charge is -2.31. The topological polar surface area (TPSA) is 109 Å². The van der Waals surface area contributed by atoms with Crippen LogP contribution in [0.2, 0.25) is 0 Å². The Morgan fingerprint density at radius 2 is 1.79 bits per heavy atom. The molecule has 8 nitrogen and oxygen atoms in total. The van der Waals surface area contributed by atoms with Gasteiger partial charge in [0.25, 0.3) is 0 Å². The van der Waals surface area contributed by atoms with E-state index in [1.165, 1.54) is 18.9 Å². The van der Waals surface area contributed by atoms with Crippen molar-refractivity contribution in [1.82, 2.24) is 14.2 Å². The molecule has 0 aliphatic carbocycles. The Bertz CT molecular complexity index is 1110. The number of nitrogens with one attached hydrogen (secondary N) is 1. The fraction of sp³-hybridized carbons (Fsp3) is 0.545. The van der Waals surface area contributed by atoms with Crippen LogP contribution in [0.5, 0.6) is 0 Å². The number of ketones is 1. The molecule has 2 fully saturated rings. The van der Waals surface area contributed by atoms with Crippen LogP contribution >= 0.6 is 11.3 Å². The average Bonchev–Trinajstić information content (AvgIpc) is 3.43. The number of rotatable bonds is 9. The Kier molecular flexibility index (Phi) is 7.80. The molecule has 0 amide bonds. The molecule has 0 spiro atoms. The third-order valence-electron chi connectivity index (χ3n) is 6.30. The van der Waals surface area contributed by atoms with Crippen LogP contribution in [0.1, 0.15) is 47.3 Å². The van der Waals surface area contributed by atoms with E-state index in [1.54, 1.807) is 4.31 Å². The van der Waals surface area contributed by atoms with E-state index < -0.39 is 33.0 Å². The summed E-state index contributed by atoms with van der Waals surface area (Å²) in [5, 5.41) is 3.55. The first-order chi connectivity index (χ1) is 16.2. The van der Waals surface area contributed by atoms with Gasteiger partial charge in [-0.05, 0) is 63.9 Å². The summed E-state index contributed by atoms with van der Waals surface area (Å²) in [4.78, 5) is 19.1. The molecule has 0 radical (unpaired) electrons. The molecular formula is C22H29F2N5O3S2. The van der Waals surface area contributed by atoms with Crippen molar-refractivity contribution in [2.45, 2.75) is 38.1 Å². The van der Waals surface area contributed by atoms with Crippen LogP contribution < -0.4 is 11.1 Å². The van der Waals surface area contributed by atoms with Gasteiger partial charge in [0.1, 0.15) is 22.3 Å². The van der Waals surface area contributed by atoms with E-state index in [-0.39, 0.29) is 22.5 Å². The highest BCUT2D eigenvalue weighted by atomic mass is 32.2. The van der Waals surface area contributed by atoms with Gasteiger partial charge in [0.05, 0.1) is 11.3 Å². The largest absolute Gasteiger partial charge is 0.382 e. The first-order valence-corrected chi connectivity index (χ1v) is 13.9. The number of hydrogen-bond acceptors (Lipinski definition) is 8. The van der Waals surface area contributed by atoms with Crippen LogP contribution in [0.15, 0.2) is 18.2 Å². The second kappa shape index (κ2) is 10.6. The van der Waals surface area contributed by atoms with Gasteiger partial charge >= 0.3 is 0 Å². The van der Waals surface area contributed by atoms with Crippen LogP contribution in [0.4, 0.5) is 19.7 Å². The van der Waals surface area contributed by atoms with Crippen molar-refractivity contribution >= 4 is 38.1 Å². The van der Waals surface area contributed by atoms with E-state index in [2.05, 4.69) is 15.2 Å². The molecule has 1 aromatic carbocycles. The smallest absolute Gasteiger partial charge is 0.214 e. The zero-order valence-electron chi connectivity index (χ0n) is 18.8. The number of carbonyl (C=O) groups excluding carboxylic acids is 1. The molecular weight excluding hydrogens is 484 g/mol. The Morgan fingerprint density at radius 3 is 2.44 bits per heavy atom. The number of aromatic nitrogens is 1. The number of piperidine rings is 1. The Balaban J connectivity index is 1.31. The summed E-state index contributed by atoms with van der Waals surface area (Å²) in [6.45, 7) is 3.73. The number of nitrogen functional groups attached to an aromatic ring is 1. The highest BCUT2D eigenvalue weighted by Crippen LogP contribution is 2.30. The molecule has 1 aromatic heterocycles. The molecule has 3 heterocycles. The van der Waals surface area contributed by atoms with Gasteiger partial charge in [-0.2, -0.15) is 0 Å². The standard InChI is InChI=1S/C22H29F2N5O3S2/c23-16-5-3-6-17(24)18(16)19(30)20-21(25)27-22(33-20)26-15-7-12-29(13-8-15)34(31,32)14-4-11-28-9-1-2-10-28/h3,5-6,15H,1-2,4,7-14,25H2,(H,26,27). The maximum Gasteiger partial charge on any atom is 0.214 e. The zero-order chi connectivity index (χ0) is 24.3. The van der Waals surface area contributed by atoms with Gasteiger partial charge in [-0.25, -0.2) is 26.5 Å². The number of thiazole rings is 1. The Morgan fingerprint density at radius 1 is 1.15 bits per heavy atom. The van der Waals surface area contributed by atoms with Crippen molar-refractivity contribution in [1.29, 1.82) is 0 Å². The predicted octanol–water partition coefficient (Wildman–Crippen LogP) is 2.93. The molecule has 2 aliphatic rings. The quantitative estimate of drug-likeness (QED) is 0.496. The molecule has 3 N–H and O–H groups in total. The SMILES string of the molecule is Nc1nc(NC2CCN(S(=O)(=O)CCCN3CCCC3)CC2)sc1C(=O)c1c(F)cccc1F. The summed E-state index contributed by atoms with van der Waals surface area (Å²) < 4.78 is 54.9. The maximum absolute atomic E-state index is 14.0. The predicted molar refractivity (Wildman–Crippen MR) is 129 cm³/mol. The van der Waals surface area contributed by atoms with Crippen molar-refractivity contribution < 1.29 is 22.0 Å². The van der Waals surface area contributed by atoms with Crippen LogP contribution in [0.3, 0.4) is 0 Å². The molecule has 34 heavy (non-hydrogen) atoms. The average molecular weight is 514 g/mol. The lowest BCUT2D eigenvalue weighted by atomic mass is 10.1. The third kappa shape index (κ3) is 5.73. The number of benzene rings is 1. The van der Waals surface area contributed by atoms with Crippen molar-refractivity contribution in [2.24, 2.45) is 0 Å². The van der Waals surface area contributed by atoms with Gasteiger partial charge in [-0.1, -0.05) is 17.4 Å².